The van der Waals surface area contributed by atoms with E-state index < -0.39 is 0 Å². The molecule has 2 N–H and O–H groups in total. The van der Waals surface area contributed by atoms with Crippen LogP contribution in [0, 0.1) is 19.7 Å². The molecule has 9 heteroatoms. The quantitative estimate of drug-likeness (QED) is 0.361. The van der Waals surface area contributed by atoms with Crippen molar-refractivity contribution in [1.29, 1.82) is 0 Å². The minimum Gasteiger partial charge on any atom is -0.376 e. The summed E-state index contributed by atoms with van der Waals surface area (Å²) in [5.74, 6) is 2.17. The molecule has 154 valence electrons. The van der Waals surface area contributed by atoms with Gasteiger partial charge in [-0.1, -0.05) is 12.1 Å². The van der Waals surface area contributed by atoms with Crippen molar-refractivity contribution in [3.63, 3.8) is 0 Å². The summed E-state index contributed by atoms with van der Waals surface area (Å²) in [6.07, 6.45) is 2.36. The Labute approximate surface area is 182 Å². The van der Waals surface area contributed by atoms with Crippen molar-refractivity contribution in [3.8, 4) is 0 Å². The van der Waals surface area contributed by atoms with Gasteiger partial charge in [-0.3, -0.25) is 0 Å². The summed E-state index contributed by atoms with van der Waals surface area (Å²) in [5, 5.41) is 14.9. The molecule has 0 saturated carbocycles. The zero-order valence-electron chi connectivity index (χ0n) is 16.5. The monoisotopic (exact) mass is 502 g/mol. The first-order valence-corrected chi connectivity index (χ1v) is 9.26. The topological polar surface area (TPSA) is 76.4 Å². The first kappa shape index (κ1) is 22.5. The highest BCUT2D eigenvalue weighted by molar-refractivity contribution is 14.0. The van der Waals surface area contributed by atoms with E-state index >= 15 is 0 Å². The molecule has 7 nitrogen and oxygen atoms in total. The summed E-state index contributed by atoms with van der Waals surface area (Å²) in [6.45, 7) is 6.16. The van der Waals surface area contributed by atoms with E-state index in [2.05, 4.69) is 25.8 Å². The number of guanidine groups is 1. The molecule has 1 unspecified atom stereocenters. The molecule has 0 bridgehead atoms. The minimum atomic E-state index is -0.199. The molecule has 3 rings (SSSR count). The fourth-order valence-corrected chi connectivity index (χ4v) is 2.93. The number of benzene rings is 1. The molecule has 1 aromatic carbocycles. The van der Waals surface area contributed by atoms with Gasteiger partial charge in [0.2, 0.25) is 0 Å². The van der Waals surface area contributed by atoms with Crippen LogP contribution in [-0.4, -0.2) is 40.0 Å². The van der Waals surface area contributed by atoms with Gasteiger partial charge >= 0.3 is 0 Å². The molecule has 0 aliphatic carbocycles. The lowest BCUT2D eigenvalue weighted by molar-refractivity contribution is 0.113. The number of rotatable bonds is 6. The van der Waals surface area contributed by atoms with E-state index in [4.69, 9.17) is 4.74 Å². The molecule has 1 atom stereocenters. The number of ether oxygens (including phenoxy) is 1. The third-order valence-corrected chi connectivity index (χ3v) is 4.76. The van der Waals surface area contributed by atoms with Gasteiger partial charge in [0.1, 0.15) is 11.6 Å². The maximum Gasteiger partial charge on any atom is 0.192 e. The fraction of sp³-hybridized carbons (Fsp3) is 0.526. The number of aromatic nitrogens is 3. The Morgan fingerprint density at radius 3 is 2.79 bits per heavy atom. The van der Waals surface area contributed by atoms with Crippen LogP contribution in [0.25, 0.3) is 0 Å². The van der Waals surface area contributed by atoms with Gasteiger partial charge in [0.25, 0.3) is 0 Å². The van der Waals surface area contributed by atoms with Crippen LogP contribution in [0.3, 0.4) is 0 Å². The summed E-state index contributed by atoms with van der Waals surface area (Å²) < 4.78 is 21.1. The number of halogens is 2. The molecule has 1 saturated heterocycles. The minimum absolute atomic E-state index is 0. The average Bonchev–Trinajstić information content (AvgIpc) is 3.28. The Balaban J connectivity index is 0.00000280. The summed E-state index contributed by atoms with van der Waals surface area (Å²) in [5.41, 5.74) is 1.58. The Morgan fingerprint density at radius 1 is 1.32 bits per heavy atom. The van der Waals surface area contributed by atoms with Gasteiger partial charge in [0.05, 0.1) is 19.2 Å². The smallest absolute Gasteiger partial charge is 0.192 e. The van der Waals surface area contributed by atoms with Crippen molar-refractivity contribution in [2.75, 3.05) is 13.2 Å². The van der Waals surface area contributed by atoms with Crippen LogP contribution in [0.15, 0.2) is 23.2 Å². The molecule has 1 fully saturated rings. The van der Waals surface area contributed by atoms with Gasteiger partial charge in [-0.25, -0.2) is 9.38 Å². The molecule has 0 radical (unpaired) electrons. The van der Waals surface area contributed by atoms with Gasteiger partial charge in [0, 0.05) is 20.2 Å². The van der Waals surface area contributed by atoms with Gasteiger partial charge in [-0.15, -0.1) is 34.2 Å². The summed E-state index contributed by atoms with van der Waals surface area (Å²) in [6, 6.07) is 5.06. The first-order chi connectivity index (χ1) is 13.0. The number of nitrogens with zero attached hydrogens (tertiary/aromatic N) is 4. The number of hydrogen-bond acceptors (Lipinski definition) is 4. The van der Waals surface area contributed by atoms with Crippen LogP contribution >= 0.6 is 24.0 Å². The van der Waals surface area contributed by atoms with Crippen molar-refractivity contribution in [2.45, 2.75) is 45.9 Å². The van der Waals surface area contributed by atoms with Crippen LogP contribution in [0.1, 0.15) is 35.6 Å². The molecule has 2 aromatic rings. The van der Waals surface area contributed by atoms with E-state index in [9.17, 15) is 4.39 Å². The standard InChI is InChI=1S/C19H27FN6O.HI/c1-13-9-15(6-7-17(13)20)10-21-19(22-11-16-5-4-8-27-16)23-12-18-25-24-14(2)26(18)3;/h6-7,9,16H,4-5,8,10-12H2,1-3H3,(H2,21,22,23);1H. The number of aryl methyl sites for hydroxylation is 2. The Morgan fingerprint density at radius 2 is 2.14 bits per heavy atom. The molecular weight excluding hydrogens is 474 g/mol. The zero-order valence-corrected chi connectivity index (χ0v) is 18.9. The molecule has 2 heterocycles. The Bertz CT molecular complexity index is 804. The lowest BCUT2D eigenvalue weighted by atomic mass is 10.1. The predicted molar refractivity (Wildman–Crippen MR) is 117 cm³/mol. The van der Waals surface area contributed by atoms with Crippen molar-refractivity contribution < 1.29 is 9.13 Å². The van der Waals surface area contributed by atoms with E-state index in [0.29, 0.717) is 31.2 Å². The fourth-order valence-electron chi connectivity index (χ4n) is 2.93. The van der Waals surface area contributed by atoms with Crippen LogP contribution in [-0.2, 0) is 24.9 Å². The van der Waals surface area contributed by atoms with E-state index in [-0.39, 0.29) is 35.9 Å². The third-order valence-electron chi connectivity index (χ3n) is 4.76. The lowest BCUT2D eigenvalue weighted by Crippen LogP contribution is -2.41. The summed E-state index contributed by atoms with van der Waals surface area (Å²) in [4.78, 5) is 4.64. The van der Waals surface area contributed by atoms with Crippen molar-refractivity contribution in [2.24, 2.45) is 12.0 Å². The second kappa shape index (κ2) is 10.7. The molecular formula is C19H28FIN6O. The van der Waals surface area contributed by atoms with E-state index in [1.54, 1.807) is 13.0 Å². The highest BCUT2D eigenvalue weighted by Crippen LogP contribution is 2.11. The number of nitrogens with one attached hydrogen (secondary N) is 2. The molecule has 0 spiro atoms. The second-order valence-corrected chi connectivity index (χ2v) is 6.84. The van der Waals surface area contributed by atoms with E-state index in [0.717, 1.165) is 36.7 Å². The first-order valence-electron chi connectivity index (χ1n) is 9.26. The van der Waals surface area contributed by atoms with Crippen LogP contribution in [0.5, 0.6) is 0 Å². The summed E-state index contributed by atoms with van der Waals surface area (Å²) in [7, 11) is 1.93. The van der Waals surface area contributed by atoms with Gasteiger partial charge in [-0.05, 0) is 43.9 Å². The number of aliphatic imine (C=N–C) groups is 1. The van der Waals surface area contributed by atoms with Crippen LogP contribution in [0.2, 0.25) is 0 Å². The zero-order chi connectivity index (χ0) is 19.2. The maximum atomic E-state index is 13.4. The third kappa shape index (κ3) is 6.13. The molecule has 1 aliphatic rings. The Kier molecular flexibility index (Phi) is 8.61. The molecule has 1 aromatic heterocycles. The van der Waals surface area contributed by atoms with Gasteiger partial charge < -0.3 is 19.9 Å². The maximum absolute atomic E-state index is 13.4. The molecule has 0 amide bonds. The van der Waals surface area contributed by atoms with E-state index in [1.165, 1.54) is 6.07 Å². The predicted octanol–water partition coefficient (Wildman–Crippen LogP) is 2.60. The second-order valence-electron chi connectivity index (χ2n) is 6.84. The lowest BCUT2D eigenvalue weighted by Gasteiger charge is -2.15. The highest BCUT2D eigenvalue weighted by Gasteiger charge is 2.16. The highest BCUT2D eigenvalue weighted by atomic mass is 127. The van der Waals surface area contributed by atoms with Crippen molar-refractivity contribution in [1.82, 2.24) is 25.4 Å². The van der Waals surface area contributed by atoms with Crippen molar-refractivity contribution >= 4 is 29.9 Å². The largest absolute Gasteiger partial charge is 0.376 e. The number of hydrogen-bond donors (Lipinski definition) is 2. The molecule has 28 heavy (non-hydrogen) atoms. The van der Waals surface area contributed by atoms with E-state index in [1.807, 2.05) is 24.6 Å². The van der Waals surface area contributed by atoms with Crippen LogP contribution in [0.4, 0.5) is 4.39 Å². The van der Waals surface area contributed by atoms with Crippen molar-refractivity contribution in [3.05, 3.63) is 46.8 Å². The SMILES string of the molecule is Cc1cc(CN=C(NCc2nnc(C)n2C)NCC2CCCO2)ccc1F.I. The van der Waals surface area contributed by atoms with Crippen LogP contribution < -0.4 is 10.6 Å². The Hall–Kier alpha value is -1.75. The average molecular weight is 502 g/mol. The van der Waals surface area contributed by atoms with Gasteiger partial charge in [0.15, 0.2) is 11.8 Å². The molecule has 1 aliphatic heterocycles. The normalized spacial score (nSPS) is 16.7. The van der Waals surface area contributed by atoms with Gasteiger partial charge in [-0.2, -0.15) is 0 Å². The summed E-state index contributed by atoms with van der Waals surface area (Å²) >= 11 is 0.